The van der Waals surface area contributed by atoms with Crippen LogP contribution in [0.15, 0.2) is 6.20 Å². The summed E-state index contributed by atoms with van der Waals surface area (Å²) in [5, 5.41) is 8.48. The lowest BCUT2D eigenvalue weighted by molar-refractivity contribution is 0.521. The van der Waals surface area contributed by atoms with Crippen LogP contribution in [-0.4, -0.2) is 15.0 Å². The van der Waals surface area contributed by atoms with Crippen LogP contribution in [0.1, 0.15) is 77.8 Å². The Bertz CT molecular complexity index is 318. The zero-order valence-electron chi connectivity index (χ0n) is 13.1. The van der Waals surface area contributed by atoms with Crippen molar-refractivity contribution in [3.8, 4) is 0 Å². The quantitative estimate of drug-likeness (QED) is 0.547. The van der Waals surface area contributed by atoms with Crippen LogP contribution in [0.2, 0.25) is 0 Å². The first kappa shape index (κ1) is 16.2. The molecule has 0 amide bonds. The van der Waals surface area contributed by atoms with E-state index in [4.69, 9.17) is 0 Å². The number of hydrogen-bond acceptors (Lipinski definition) is 2. The summed E-state index contributed by atoms with van der Waals surface area (Å²) in [6.45, 7) is 7.86. The van der Waals surface area contributed by atoms with Gasteiger partial charge in [0.25, 0.3) is 0 Å². The van der Waals surface area contributed by atoms with E-state index in [1.165, 1.54) is 51.4 Å². The molecule has 1 rings (SSSR count). The van der Waals surface area contributed by atoms with Crippen molar-refractivity contribution in [3.63, 3.8) is 0 Å². The summed E-state index contributed by atoms with van der Waals surface area (Å²) >= 11 is 0. The smallest absolute Gasteiger partial charge is 0.0827 e. The molecule has 0 aliphatic carbocycles. The highest BCUT2D eigenvalue weighted by Crippen LogP contribution is 2.09. The molecule has 19 heavy (non-hydrogen) atoms. The third-order valence-corrected chi connectivity index (χ3v) is 3.54. The molecule has 0 fully saturated rings. The molecule has 0 bridgehead atoms. The van der Waals surface area contributed by atoms with Crippen molar-refractivity contribution >= 4 is 0 Å². The van der Waals surface area contributed by atoms with Gasteiger partial charge in [-0.25, -0.2) is 0 Å². The Balaban J connectivity index is 2.10. The van der Waals surface area contributed by atoms with Gasteiger partial charge in [-0.3, -0.25) is 4.68 Å². The van der Waals surface area contributed by atoms with E-state index < -0.39 is 0 Å². The molecule has 0 N–H and O–H groups in total. The van der Waals surface area contributed by atoms with Crippen LogP contribution in [0.3, 0.4) is 0 Å². The molecule has 1 heterocycles. The molecule has 0 spiro atoms. The zero-order chi connectivity index (χ0) is 13.9. The standard InChI is InChI=1S/C16H31N3/c1-4-5-6-7-10-13-19-14-16(17-18-19)12-9-8-11-15(2)3/h14-15H,4-13H2,1-3H3. The Hall–Kier alpha value is -0.860. The molecule has 1 aromatic rings. The molecule has 110 valence electrons. The van der Waals surface area contributed by atoms with Gasteiger partial charge in [0.05, 0.1) is 5.69 Å². The Morgan fingerprint density at radius 3 is 2.58 bits per heavy atom. The van der Waals surface area contributed by atoms with Gasteiger partial charge in [0.1, 0.15) is 0 Å². The van der Waals surface area contributed by atoms with E-state index in [9.17, 15) is 0 Å². The Kier molecular flexibility index (Phi) is 8.52. The van der Waals surface area contributed by atoms with Crippen LogP contribution < -0.4 is 0 Å². The predicted molar refractivity (Wildman–Crippen MR) is 81.2 cm³/mol. The summed E-state index contributed by atoms with van der Waals surface area (Å²) in [4.78, 5) is 0. The normalized spacial score (nSPS) is 11.4. The number of nitrogens with zero attached hydrogens (tertiary/aromatic N) is 3. The molecule has 0 saturated carbocycles. The van der Waals surface area contributed by atoms with E-state index in [0.29, 0.717) is 0 Å². The maximum absolute atomic E-state index is 4.26. The summed E-state index contributed by atoms with van der Waals surface area (Å²) in [5.41, 5.74) is 1.16. The zero-order valence-corrected chi connectivity index (χ0v) is 13.1. The average molecular weight is 265 g/mol. The fourth-order valence-corrected chi connectivity index (χ4v) is 2.30. The lowest BCUT2D eigenvalue weighted by Crippen LogP contribution is -1.98. The van der Waals surface area contributed by atoms with Gasteiger partial charge in [-0.2, -0.15) is 0 Å². The lowest BCUT2D eigenvalue weighted by Gasteiger charge is -2.02. The Morgan fingerprint density at radius 1 is 1.05 bits per heavy atom. The molecule has 0 atom stereocenters. The van der Waals surface area contributed by atoms with Crippen molar-refractivity contribution in [1.29, 1.82) is 0 Å². The number of aromatic nitrogens is 3. The molecule has 3 heteroatoms. The molecule has 1 aromatic heterocycles. The van der Waals surface area contributed by atoms with Crippen molar-refractivity contribution in [2.75, 3.05) is 0 Å². The van der Waals surface area contributed by atoms with Crippen molar-refractivity contribution in [2.45, 2.75) is 85.1 Å². The summed E-state index contributed by atoms with van der Waals surface area (Å²) in [6.07, 6.45) is 13.7. The molecular formula is C16H31N3. The van der Waals surface area contributed by atoms with E-state index >= 15 is 0 Å². The second-order valence-electron chi connectivity index (χ2n) is 6.03. The van der Waals surface area contributed by atoms with Crippen LogP contribution in [0.5, 0.6) is 0 Å². The van der Waals surface area contributed by atoms with E-state index in [-0.39, 0.29) is 0 Å². The van der Waals surface area contributed by atoms with Crippen molar-refractivity contribution in [1.82, 2.24) is 15.0 Å². The number of aryl methyl sites for hydroxylation is 2. The summed E-state index contributed by atoms with van der Waals surface area (Å²) < 4.78 is 2.02. The van der Waals surface area contributed by atoms with E-state index in [0.717, 1.165) is 24.6 Å². The highest BCUT2D eigenvalue weighted by Gasteiger charge is 2.01. The van der Waals surface area contributed by atoms with E-state index in [1.54, 1.807) is 0 Å². The van der Waals surface area contributed by atoms with Gasteiger partial charge in [-0.1, -0.05) is 64.5 Å². The highest BCUT2D eigenvalue weighted by molar-refractivity contribution is 4.92. The van der Waals surface area contributed by atoms with Gasteiger partial charge < -0.3 is 0 Å². The molecule has 0 unspecified atom stereocenters. The van der Waals surface area contributed by atoms with Gasteiger partial charge in [-0.15, -0.1) is 5.10 Å². The van der Waals surface area contributed by atoms with Crippen LogP contribution in [-0.2, 0) is 13.0 Å². The third-order valence-electron chi connectivity index (χ3n) is 3.54. The van der Waals surface area contributed by atoms with Crippen LogP contribution >= 0.6 is 0 Å². The third kappa shape index (κ3) is 8.02. The van der Waals surface area contributed by atoms with Crippen LogP contribution in [0, 0.1) is 5.92 Å². The Morgan fingerprint density at radius 2 is 1.84 bits per heavy atom. The second-order valence-corrected chi connectivity index (χ2v) is 6.03. The minimum absolute atomic E-state index is 0.818. The molecule has 0 aliphatic rings. The highest BCUT2D eigenvalue weighted by atomic mass is 15.4. The van der Waals surface area contributed by atoms with Gasteiger partial charge >= 0.3 is 0 Å². The van der Waals surface area contributed by atoms with Crippen LogP contribution in [0.4, 0.5) is 0 Å². The topological polar surface area (TPSA) is 30.7 Å². The largest absolute Gasteiger partial charge is 0.252 e. The second kappa shape index (κ2) is 9.99. The summed E-state index contributed by atoms with van der Waals surface area (Å²) in [5.74, 6) is 0.818. The van der Waals surface area contributed by atoms with E-state index in [1.807, 2.05) is 4.68 Å². The van der Waals surface area contributed by atoms with E-state index in [2.05, 4.69) is 37.3 Å². The minimum atomic E-state index is 0.818. The molecule has 0 aromatic carbocycles. The number of rotatable bonds is 11. The lowest BCUT2D eigenvalue weighted by atomic mass is 10.0. The maximum Gasteiger partial charge on any atom is 0.0827 e. The molecule has 0 aliphatic heterocycles. The van der Waals surface area contributed by atoms with Crippen LogP contribution in [0.25, 0.3) is 0 Å². The fourth-order valence-electron chi connectivity index (χ4n) is 2.30. The van der Waals surface area contributed by atoms with Gasteiger partial charge in [0.15, 0.2) is 0 Å². The summed E-state index contributed by atoms with van der Waals surface area (Å²) in [7, 11) is 0. The summed E-state index contributed by atoms with van der Waals surface area (Å²) in [6, 6.07) is 0. The van der Waals surface area contributed by atoms with Crippen molar-refractivity contribution < 1.29 is 0 Å². The predicted octanol–water partition coefficient (Wildman–Crippen LogP) is 4.62. The first-order valence-electron chi connectivity index (χ1n) is 8.11. The SMILES string of the molecule is CCCCCCCn1cc(CCCCC(C)C)nn1. The fraction of sp³-hybridized carbons (Fsp3) is 0.875. The molecule has 3 nitrogen and oxygen atoms in total. The van der Waals surface area contributed by atoms with Gasteiger partial charge in [0.2, 0.25) is 0 Å². The monoisotopic (exact) mass is 265 g/mol. The number of unbranched alkanes of at least 4 members (excludes halogenated alkanes) is 5. The first-order valence-corrected chi connectivity index (χ1v) is 8.11. The number of hydrogen-bond donors (Lipinski definition) is 0. The van der Waals surface area contributed by atoms with Crippen molar-refractivity contribution in [2.24, 2.45) is 5.92 Å². The average Bonchev–Trinajstić information content (AvgIpc) is 2.82. The van der Waals surface area contributed by atoms with Gasteiger partial charge in [0, 0.05) is 12.7 Å². The molecular weight excluding hydrogens is 234 g/mol. The molecule has 0 saturated heterocycles. The Labute approximate surface area is 118 Å². The molecule has 0 radical (unpaired) electrons. The first-order chi connectivity index (χ1) is 9.22. The minimum Gasteiger partial charge on any atom is -0.252 e. The van der Waals surface area contributed by atoms with Gasteiger partial charge in [-0.05, 0) is 25.2 Å². The van der Waals surface area contributed by atoms with Crippen molar-refractivity contribution in [3.05, 3.63) is 11.9 Å². The maximum atomic E-state index is 4.26.